The molecule has 1 heterocycles. The van der Waals surface area contributed by atoms with Gasteiger partial charge in [0, 0.05) is 24.3 Å². The molecule has 0 aromatic heterocycles. The summed E-state index contributed by atoms with van der Waals surface area (Å²) in [5.41, 5.74) is 0.899. The Balaban J connectivity index is 2.25. The maximum Gasteiger partial charge on any atom is 0.245 e. The molecule has 0 bridgehead atoms. The molecule has 4 nitrogen and oxygen atoms in total. The first-order chi connectivity index (χ1) is 8.89. The molecule has 2 rings (SSSR count). The van der Waals surface area contributed by atoms with Crippen molar-refractivity contribution in [1.29, 1.82) is 0 Å². The van der Waals surface area contributed by atoms with E-state index >= 15 is 0 Å². The van der Waals surface area contributed by atoms with Gasteiger partial charge < -0.3 is 9.80 Å². The van der Waals surface area contributed by atoms with Gasteiger partial charge in [-0.15, -0.1) is 0 Å². The van der Waals surface area contributed by atoms with Gasteiger partial charge >= 0.3 is 0 Å². The summed E-state index contributed by atoms with van der Waals surface area (Å²) in [4.78, 5) is 16.5. The second-order valence-corrected chi connectivity index (χ2v) is 6.10. The van der Waals surface area contributed by atoms with E-state index in [4.69, 9.17) is 0 Å². The highest BCUT2D eigenvalue weighted by molar-refractivity contribution is 5.98. The summed E-state index contributed by atoms with van der Waals surface area (Å²) in [6.45, 7) is 5.68. The Kier molecular flexibility index (Phi) is 3.92. The molecule has 0 saturated carbocycles. The van der Waals surface area contributed by atoms with Crippen LogP contribution in [0.5, 0.6) is 0 Å². The Morgan fingerprint density at radius 3 is 2.53 bits per heavy atom. The minimum Gasteiger partial charge on any atom is -0.309 e. The number of rotatable bonds is 3. The van der Waals surface area contributed by atoms with Crippen LogP contribution >= 0.6 is 0 Å². The molecule has 1 fully saturated rings. The van der Waals surface area contributed by atoms with Gasteiger partial charge in [0.15, 0.2) is 0 Å². The quantitative estimate of drug-likeness (QED) is 0.891. The number of nitrogens with zero attached hydrogens (tertiary/aromatic N) is 2. The summed E-state index contributed by atoms with van der Waals surface area (Å²) in [6.07, 6.45) is 0. The summed E-state index contributed by atoms with van der Waals surface area (Å²) in [7, 11) is 3.98. The fraction of sp³-hybridized carbons (Fsp3) is 0.533. The fourth-order valence-corrected chi connectivity index (χ4v) is 2.56. The molecule has 0 aliphatic carbocycles. The predicted octanol–water partition coefficient (Wildman–Crippen LogP) is 1.33. The van der Waals surface area contributed by atoms with E-state index in [0.29, 0.717) is 13.1 Å². The van der Waals surface area contributed by atoms with Gasteiger partial charge in [0.05, 0.1) is 0 Å². The van der Waals surface area contributed by atoms with E-state index < -0.39 is 0 Å². The molecular formula is C15H23N3O. The molecule has 1 aromatic rings. The lowest BCUT2D eigenvalue weighted by molar-refractivity contribution is -0.123. The van der Waals surface area contributed by atoms with E-state index in [1.165, 1.54) is 0 Å². The van der Waals surface area contributed by atoms with Gasteiger partial charge in [0.25, 0.3) is 0 Å². The van der Waals surface area contributed by atoms with Crippen LogP contribution in [0.25, 0.3) is 0 Å². The first kappa shape index (κ1) is 14.0. The van der Waals surface area contributed by atoms with E-state index in [0.717, 1.165) is 5.69 Å². The van der Waals surface area contributed by atoms with Gasteiger partial charge in [-0.2, -0.15) is 0 Å². The molecular weight excluding hydrogens is 238 g/mol. The van der Waals surface area contributed by atoms with Crippen LogP contribution in [-0.2, 0) is 4.79 Å². The molecule has 1 saturated heterocycles. The van der Waals surface area contributed by atoms with Crippen LogP contribution in [0.2, 0.25) is 0 Å². The number of likely N-dealkylation sites (N-methyl/N-ethyl adjacent to an activating group) is 1. The van der Waals surface area contributed by atoms with Crippen molar-refractivity contribution in [3.05, 3.63) is 30.3 Å². The van der Waals surface area contributed by atoms with E-state index in [1.54, 1.807) is 0 Å². The Bertz CT molecular complexity index is 442. The molecule has 19 heavy (non-hydrogen) atoms. The lowest BCUT2D eigenvalue weighted by Gasteiger charge is -2.43. The summed E-state index contributed by atoms with van der Waals surface area (Å²) in [5.74, 6) is 0.152. The van der Waals surface area contributed by atoms with Crippen LogP contribution in [0.4, 0.5) is 5.69 Å². The Labute approximate surface area is 115 Å². The highest BCUT2D eigenvalue weighted by Gasteiger charge is 2.38. The maximum absolute atomic E-state index is 12.6. The molecule has 1 unspecified atom stereocenters. The normalized spacial score (nSPS) is 22.9. The number of amides is 1. The van der Waals surface area contributed by atoms with E-state index in [9.17, 15) is 4.79 Å². The van der Waals surface area contributed by atoms with Crippen molar-refractivity contribution in [3.63, 3.8) is 0 Å². The van der Waals surface area contributed by atoms with Crippen molar-refractivity contribution in [2.75, 3.05) is 32.1 Å². The van der Waals surface area contributed by atoms with Crippen molar-refractivity contribution in [2.24, 2.45) is 0 Å². The average Bonchev–Trinajstić information content (AvgIpc) is 2.33. The zero-order valence-electron chi connectivity index (χ0n) is 12.2. The minimum absolute atomic E-state index is 0.0789. The fourth-order valence-electron chi connectivity index (χ4n) is 2.56. The third-order valence-electron chi connectivity index (χ3n) is 3.30. The summed E-state index contributed by atoms with van der Waals surface area (Å²) in [6, 6.07) is 9.74. The van der Waals surface area contributed by atoms with Crippen LogP contribution in [0.3, 0.4) is 0 Å². The summed E-state index contributed by atoms with van der Waals surface area (Å²) < 4.78 is 0. The number of benzene rings is 1. The van der Waals surface area contributed by atoms with Gasteiger partial charge in [-0.1, -0.05) is 18.2 Å². The first-order valence-electron chi connectivity index (χ1n) is 6.68. The van der Waals surface area contributed by atoms with E-state index in [2.05, 4.69) is 19.2 Å². The maximum atomic E-state index is 12.6. The summed E-state index contributed by atoms with van der Waals surface area (Å²) >= 11 is 0. The van der Waals surface area contributed by atoms with Crippen molar-refractivity contribution < 1.29 is 4.79 Å². The Morgan fingerprint density at radius 1 is 1.32 bits per heavy atom. The Hall–Kier alpha value is -1.39. The van der Waals surface area contributed by atoms with Gasteiger partial charge in [0.2, 0.25) is 5.91 Å². The number of hydrogen-bond acceptors (Lipinski definition) is 3. The van der Waals surface area contributed by atoms with Crippen molar-refractivity contribution in [3.8, 4) is 0 Å². The number of nitrogens with one attached hydrogen (secondary N) is 1. The molecule has 1 N–H and O–H groups in total. The first-order valence-corrected chi connectivity index (χ1v) is 6.68. The van der Waals surface area contributed by atoms with Crippen LogP contribution in [-0.4, -0.2) is 49.6 Å². The SMILES string of the molecule is CN(C)CC1NC(C)(C)CN(c2ccccc2)C1=O. The third-order valence-corrected chi connectivity index (χ3v) is 3.30. The molecule has 0 radical (unpaired) electrons. The monoisotopic (exact) mass is 261 g/mol. The Morgan fingerprint density at radius 2 is 1.95 bits per heavy atom. The second-order valence-electron chi connectivity index (χ2n) is 6.10. The number of para-hydroxylation sites is 1. The zero-order valence-corrected chi connectivity index (χ0v) is 12.2. The van der Waals surface area contributed by atoms with E-state index in [1.807, 2.05) is 54.2 Å². The zero-order chi connectivity index (χ0) is 14.0. The third kappa shape index (κ3) is 3.33. The molecule has 0 spiro atoms. The van der Waals surface area contributed by atoms with Crippen molar-refractivity contribution in [1.82, 2.24) is 10.2 Å². The number of carbonyl (C=O) groups is 1. The summed E-state index contributed by atoms with van der Waals surface area (Å²) in [5, 5.41) is 3.44. The van der Waals surface area contributed by atoms with Gasteiger partial charge in [-0.3, -0.25) is 10.1 Å². The topological polar surface area (TPSA) is 35.6 Å². The number of anilines is 1. The second kappa shape index (κ2) is 5.31. The minimum atomic E-state index is -0.154. The molecule has 1 aliphatic heterocycles. The molecule has 104 valence electrons. The van der Waals surface area contributed by atoms with Crippen LogP contribution in [0, 0.1) is 0 Å². The number of piperazine rings is 1. The van der Waals surface area contributed by atoms with E-state index in [-0.39, 0.29) is 17.5 Å². The molecule has 4 heteroatoms. The van der Waals surface area contributed by atoms with Gasteiger partial charge in [0.1, 0.15) is 6.04 Å². The predicted molar refractivity (Wildman–Crippen MR) is 78.4 cm³/mol. The lowest BCUT2D eigenvalue weighted by atomic mass is 9.97. The van der Waals surface area contributed by atoms with Gasteiger partial charge in [-0.05, 0) is 40.1 Å². The lowest BCUT2D eigenvalue weighted by Crippen LogP contribution is -2.67. The average molecular weight is 261 g/mol. The number of hydrogen-bond donors (Lipinski definition) is 1. The van der Waals surface area contributed by atoms with Crippen LogP contribution in [0.1, 0.15) is 13.8 Å². The van der Waals surface area contributed by atoms with Gasteiger partial charge in [-0.25, -0.2) is 0 Å². The van der Waals surface area contributed by atoms with Crippen LogP contribution in [0.15, 0.2) is 30.3 Å². The molecule has 1 amide bonds. The standard InChI is InChI=1S/C15H23N3O/c1-15(2)11-18(12-8-6-5-7-9-12)14(19)13(16-15)10-17(3)4/h5-9,13,16H,10-11H2,1-4H3. The van der Waals surface area contributed by atoms with Crippen molar-refractivity contribution >= 4 is 11.6 Å². The smallest absolute Gasteiger partial charge is 0.245 e. The highest BCUT2D eigenvalue weighted by atomic mass is 16.2. The molecule has 1 aromatic carbocycles. The molecule has 1 atom stereocenters. The van der Waals surface area contributed by atoms with Crippen LogP contribution < -0.4 is 10.2 Å². The highest BCUT2D eigenvalue weighted by Crippen LogP contribution is 2.22. The molecule has 1 aliphatic rings. The number of carbonyl (C=O) groups excluding carboxylic acids is 1. The van der Waals surface area contributed by atoms with Crippen molar-refractivity contribution in [2.45, 2.75) is 25.4 Å². The largest absolute Gasteiger partial charge is 0.309 e.